The zero-order chi connectivity index (χ0) is 59.0. The van der Waals surface area contributed by atoms with Gasteiger partial charge in [0.15, 0.2) is 6.29 Å². The van der Waals surface area contributed by atoms with Gasteiger partial charge in [0.05, 0.1) is 124 Å². The number of fused-ring (bicyclic) bond motifs is 4. The van der Waals surface area contributed by atoms with Crippen LogP contribution in [-0.4, -0.2) is 189 Å². The number of likely N-dealkylation sites (N-methyl/N-ethyl adjacent to an activating group) is 1. The van der Waals surface area contributed by atoms with Crippen LogP contribution < -0.4 is 14.2 Å². The second-order valence-corrected chi connectivity index (χ2v) is 22.3. The molecule has 2 aromatic carbocycles. The first-order chi connectivity index (χ1) is 39.6. The molecule has 82 heavy (non-hydrogen) atoms. The van der Waals surface area contributed by atoms with Gasteiger partial charge in [-0.15, -0.1) is 11.8 Å². The first-order valence-electron chi connectivity index (χ1n) is 28.1. The van der Waals surface area contributed by atoms with E-state index in [-0.39, 0.29) is 78.0 Å². The number of ether oxygens (including phenoxy) is 8. The van der Waals surface area contributed by atoms with Crippen molar-refractivity contribution < 1.29 is 67.0 Å². The molecule has 3 aromatic rings. The van der Waals surface area contributed by atoms with Crippen molar-refractivity contribution in [3.63, 3.8) is 0 Å². The largest absolute Gasteiger partial charge is 0.492 e. The van der Waals surface area contributed by atoms with Crippen LogP contribution in [0.25, 0.3) is 0 Å². The number of nitrogens with zero attached hydrogens (tertiary/aromatic N) is 6. The lowest BCUT2D eigenvalue weighted by molar-refractivity contribution is -0.142. The number of amides is 2. The van der Waals surface area contributed by atoms with E-state index in [1.165, 1.54) is 12.7 Å². The molecular formula is C61H82N6O14S. The molecule has 2 saturated heterocycles. The van der Waals surface area contributed by atoms with Gasteiger partial charge in [-0.2, -0.15) is 0 Å². The summed E-state index contributed by atoms with van der Waals surface area (Å²) in [5.74, 6) is 1.31. The van der Waals surface area contributed by atoms with Crippen LogP contribution in [0.2, 0.25) is 0 Å². The smallest absolute Gasteiger partial charge is 0.307 e. The van der Waals surface area contributed by atoms with Crippen molar-refractivity contribution in [2.24, 2.45) is 9.98 Å². The quantitative estimate of drug-likeness (QED) is 0.0269. The molecule has 4 aliphatic rings. The maximum absolute atomic E-state index is 13.7. The van der Waals surface area contributed by atoms with Crippen molar-refractivity contribution in [1.29, 1.82) is 0 Å². The molecule has 0 unspecified atom stereocenters. The number of allylic oxidation sites excluding steroid dienone is 2. The van der Waals surface area contributed by atoms with Crippen LogP contribution >= 0.6 is 11.8 Å². The average Bonchev–Trinajstić information content (AvgIpc) is 3.74. The van der Waals surface area contributed by atoms with E-state index in [0.717, 1.165) is 25.0 Å². The standard InChI is InChI=1S/C49H58N6O8S.C12H24O6/c1-7-10-39(58)29-64-49(4,5)30-53(6)11-12-61-40-17-35(27-62-45-19-43-41(15-33(45)25-56)47(59)54-23-31(8-2)13-37(54)21-50-43)52-36(18-40)28-63-46-20-44-42(16-34(46)26-57)48(60)55-24-32(9-3)14-38(55)22-51-44;1-3-15-6-7-17-10-11-18-9-8-16-5-4-12(13)14-2/h8-9,15-22,25,37-38,57H,7,10-14,23-24,26-30H2,1-6H3;3-11H2,1-2H3/b31-8+,32-9+;/t37-,38-;/m0./s1. The van der Waals surface area contributed by atoms with Gasteiger partial charge in [-0.25, -0.2) is 0 Å². The van der Waals surface area contributed by atoms with Crippen LogP contribution in [0.1, 0.15) is 122 Å². The second-order valence-electron chi connectivity index (χ2n) is 20.7. The third-order valence-corrected chi connectivity index (χ3v) is 15.2. The number of methoxy groups -OCH3 is 1. The fraction of sp³-hybridized carbons (Fsp3) is 0.541. The molecule has 20 nitrogen and oxygen atoms in total. The summed E-state index contributed by atoms with van der Waals surface area (Å²) in [7, 11) is 3.38. The summed E-state index contributed by atoms with van der Waals surface area (Å²) in [5.41, 5.74) is 5.63. The zero-order valence-corrected chi connectivity index (χ0v) is 49.7. The Bertz CT molecular complexity index is 2780. The summed E-state index contributed by atoms with van der Waals surface area (Å²) < 4.78 is 44.0. The number of aliphatic hydroxyl groups is 1. The molecule has 1 aromatic heterocycles. The highest BCUT2D eigenvalue weighted by Crippen LogP contribution is 2.38. The monoisotopic (exact) mass is 1150 g/mol. The van der Waals surface area contributed by atoms with E-state index < -0.39 is 0 Å². The number of benzene rings is 2. The number of hydrogen-bond acceptors (Lipinski definition) is 19. The first kappa shape index (κ1) is 64.8. The van der Waals surface area contributed by atoms with Gasteiger partial charge in [0.2, 0.25) is 0 Å². The van der Waals surface area contributed by atoms with Crippen molar-refractivity contribution in [1.82, 2.24) is 19.7 Å². The van der Waals surface area contributed by atoms with Gasteiger partial charge in [-0.05, 0) is 73.1 Å². The van der Waals surface area contributed by atoms with Gasteiger partial charge in [0, 0.05) is 86.2 Å². The molecule has 4 aliphatic heterocycles. The number of aldehydes is 1. The Morgan fingerprint density at radius 2 is 1.29 bits per heavy atom. The number of thioether (sulfide) groups is 1. The van der Waals surface area contributed by atoms with Gasteiger partial charge in [0.25, 0.3) is 11.8 Å². The molecule has 0 saturated carbocycles. The molecule has 0 aliphatic carbocycles. The minimum absolute atomic E-state index is 0.0169. The number of hydrogen-bond donors (Lipinski definition) is 1. The highest BCUT2D eigenvalue weighted by atomic mass is 32.2. The molecule has 446 valence electrons. The highest BCUT2D eigenvalue weighted by molar-refractivity contribution is 8.01. The highest BCUT2D eigenvalue weighted by Gasteiger charge is 2.36. The van der Waals surface area contributed by atoms with E-state index in [2.05, 4.69) is 33.5 Å². The van der Waals surface area contributed by atoms with Crippen molar-refractivity contribution in [2.45, 2.75) is 110 Å². The molecule has 21 heteroatoms. The van der Waals surface area contributed by atoms with Crippen molar-refractivity contribution in [3.05, 3.63) is 93.3 Å². The number of esters is 1. The SMILES string of the molecule is C/C=C1\C[C@H]2C=Nc3cc(OCc4cc(OCCN(C)CC(C)(C)SCC(=O)CCC)cc(COc5cc6c(cc5CO)C(=O)N5C/C(=C/C)C[C@H]5C=N6)n4)c(C=O)cc3C(=O)N2C1.CCOCCOCCOCCOCCC(=O)OC. The van der Waals surface area contributed by atoms with E-state index in [1.807, 2.05) is 46.9 Å². The molecule has 2 atom stereocenters. The number of carbonyl (C=O) groups excluding carboxylic acids is 5. The minimum Gasteiger partial charge on any atom is -0.492 e. The van der Waals surface area contributed by atoms with E-state index in [4.69, 9.17) is 38.1 Å². The molecule has 2 amide bonds. The average molecular weight is 1160 g/mol. The molecule has 0 radical (unpaired) electrons. The third kappa shape index (κ3) is 19.4. The van der Waals surface area contributed by atoms with E-state index in [0.29, 0.717) is 155 Å². The Morgan fingerprint density at radius 1 is 0.744 bits per heavy atom. The second kappa shape index (κ2) is 33.1. The summed E-state index contributed by atoms with van der Waals surface area (Å²) in [6.07, 6.45) is 11.5. The Morgan fingerprint density at radius 3 is 1.83 bits per heavy atom. The molecule has 7 rings (SSSR count). The van der Waals surface area contributed by atoms with Gasteiger partial charge in [0.1, 0.15) is 42.9 Å². The van der Waals surface area contributed by atoms with Gasteiger partial charge in [-0.3, -0.25) is 38.9 Å². The molecule has 0 bridgehead atoms. The molecule has 5 heterocycles. The summed E-state index contributed by atoms with van der Waals surface area (Å²) >= 11 is 1.67. The number of aliphatic imine (C=N–C) groups is 2. The molecule has 1 N–H and O–H groups in total. The third-order valence-electron chi connectivity index (χ3n) is 13.9. The number of aliphatic hydroxyl groups excluding tert-OH is 1. The molecular weight excluding hydrogens is 1070 g/mol. The Labute approximate surface area is 486 Å². The van der Waals surface area contributed by atoms with Gasteiger partial charge < -0.3 is 57.7 Å². The summed E-state index contributed by atoms with van der Waals surface area (Å²) in [4.78, 5) is 82.5. The lowest BCUT2D eigenvalue weighted by atomic mass is 10.1. The van der Waals surface area contributed by atoms with E-state index in [9.17, 15) is 29.1 Å². The number of rotatable bonds is 32. The maximum atomic E-state index is 13.7. The van der Waals surface area contributed by atoms with Crippen molar-refractivity contribution in [2.75, 3.05) is 106 Å². The van der Waals surface area contributed by atoms with Crippen LogP contribution in [0.5, 0.6) is 17.2 Å². The van der Waals surface area contributed by atoms with Gasteiger partial charge >= 0.3 is 5.97 Å². The number of carbonyl (C=O) groups is 5. The lowest BCUT2D eigenvalue weighted by Crippen LogP contribution is -2.37. The Kier molecular flexibility index (Phi) is 26.2. The number of Topliss-reactive ketones (excluding diaryl/α,β-unsaturated/α-hetero) is 1. The first-order valence-corrected chi connectivity index (χ1v) is 29.1. The predicted molar refractivity (Wildman–Crippen MR) is 315 cm³/mol. The van der Waals surface area contributed by atoms with Crippen molar-refractivity contribution >= 4 is 65.4 Å². The molecule has 0 spiro atoms. The molecule has 2 fully saturated rings. The Hall–Kier alpha value is -6.33. The zero-order valence-electron chi connectivity index (χ0n) is 48.9. The fourth-order valence-electron chi connectivity index (χ4n) is 9.50. The fourth-order valence-corrected chi connectivity index (χ4v) is 10.5. The minimum atomic E-state index is -0.359. The van der Waals surface area contributed by atoms with Crippen LogP contribution in [0.3, 0.4) is 0 Å². The number of aromatic nitrogens is 1. The van der Waals surface area contributed by atoms with Crippen LogP contribution in [0, 0.1) is 0 Å². The van der Waals surface area contributed by atoms with Crippen LogP contribution in [0.4, 0.5) is 11.4 Å². The summed E-state index contributed by atoms with van der Waals surface area (Å²) in [6, 6.07) is 9.76. The predicted octanol–water partition coefficient (Wildman–Crippen LogP) is 8.13. The Balaban J connectivity index is 0.000000516. The van der Waals surface area contributed by atoms with Crippen molar-refractivity contribution in [3.8, 4) is 17.2 Å². The van der Waals surface area contributed by atoms with Gasteiger partial charge in [-0.1, -0.05) is 30.2 Å². The van der Waals surface area contributed by atoms with Crippen LogP contribution in [-0.2, 0) is 53.1 Å². The van der Waals surface area contributed by atoms with E-state index >= 15 is 0 Å². The maximum Gasteiger partial charge on any atom is 0.307 e. The number of ketones is 1. The normalized spacial score (nSPS) is 17.2. The summed E-state index contributed by atoms with van der Waals surface area (Å²) in [5, 5.41) is 10.4. The summed E-state index contributed by atoms with van der Waals surface area (Å²) in [6.45, 7) is 18.9. The van der Waals surface area contributed by atoms with E-state index in [1.54, 1.807) is 70.4 Å². The van der Waals surface area contributed by atoms with Crippen LogP contribution in [0.15, 0.2) is 69.7 Å². The lowest BCUT2D eigenvalue weighted by Gasteiger charge is -2.29. The topological polar surface area (TPSA) is 227 Å². The number of pyridine rings is 1.